The number of anilines is 3. The van der Waals surface area contributed by atoms with Crippen molar-refractivity contribution in [3.63, 3.8) is 0 Å². The molecule has 200 valence electrons. The average molecular weight is 540 g/mol. The molecule has 3 aromatic carbocycles. The van der Waals surface area contributed by atoms with E-state index in [9.17, 15) is 22.8 Å². The van der Waals surface area contributed by atoms with Gasteiger partial charge in [0.15, 0.2) is 0 Å². The zero-order valence-electron chi connectivity index (χ0n) is 21.1. The molecule has 0 heterocycles. The minimum absolute atomic E-state index is 0.0548. The number of para-hydroxylation sites is 2. The van der Waals surface area contributed by atoms with Gasteiger partial charge in [0.1, 0.15) is 11.8 Å². The fraction of sp³-hybridized carbons (Fsp3) is 0.192. The maximum atomic E-state index is 13.4. The number of benzene rings is 3. The fourth-order valence-electron chi connectivity index (χ4n) is 3.57. The Hall–Kier alpha value is -4.58. The molecule has 3 rings (SSSR count). The van der Waals surface area contributed by atoms with E-state index in [0.717, 1.165) is 5.56 Å². The standard InChI is InChI=1S/C26H29N5O6S/c1-18(32)27-22-11-7-8-12-23(22)29-38(35,36)30-26(34)28-24(17-19-9-5-4-6-10-19)25(33)31(2)20-13-15-21(37-3)16-14-20/h4-16,24,29H,17H2,1-3H3,(H,27,32)(H2,28,30,34)/t24-/m0/s1. The summed E-state index contributed by atoms with van der Waals surface area (Å²) >= 11 is 0. The van der Waals surface area contributed by atoms with Crippen molar-refractivity contribution in [3.05, 3.63) is 84.4 Å². The number of ether oxygens (including phenoxy) is 1. The van der Waals surface area contributed by atoms with Crippen molar-refractivity contribution < 1.29 is 27.5 Å². The highest BCUT2D eigenvalue weighted by Crippen LogP contribution is 2.22. The second kappa shape index (κ2) is 12.6. The van der Waals surface area contributed by atoms with Crippen molar-refractivity contribution >= 4 is 45.1 Å². The Kier molecular flexibility index (Phi) is 9.28. The number of nitrogens with one attached hydrogen (secondary N) is 4. The molecule has 0 radical (unpaired) electrons. The molecule has 1 atom stereocenters. The van der Waals surface area contributed by atoms with Crippen LogP contribution in [0.15, 0.2) is 78.9 Å². The number of hydrogen-bond donors (Lipinski definition) is 4. The summed E-state index contributed by atoms with van der Waals surface area (Å²) in [4.78, 5) is 38.9. The molecule has 0 spiro atoms. The Morgan fingerprint density at radius 2 is 1.50 bits per heavy atom. The van der Waals surface area contributed by atoms with E-state index in [-0.39, 0.29) is 17.8 Å². The second-order valence-corrected chi connectivity index (χ2v) is 9.66. The van der Waals surface area contributed by atoms with E-state index in [1.165, 1.54) is 31.1 Å². The third kappa shape index (κ3) is 7.96. The fourth-order valence-corrected chi connectivity index (χ4v) is 4.39. The molecule has 3 aromatic rings. The van der Waals surface area contributed by atoms with Gasteiger partial charge in [0.05, 0.1) is 18.5 Å². The van der Waals surface area contributed by atoms with E-state index in [4.69, 9.17) is 4.74 Å². The van der Waals surface area contributed by atoms with Crippen molar-refractivity contribution in [2.75, 3.05) is 29.1 Å². The van der Waals surface area contributed by atoms with E-state index in [2.05, 4.69) is 15.4 Å². The van der Waals surface area contributed by atoms with Crippen molar-refractivity contribution in [3.8, 4) is 5.75 Å². The van der Waals surface area contributed by atoms with Crippen LogP contribution in [0.1, 0.15) is 12.5 Å². The Labute approximate surface area is 221 Å². The molecular formula is C26H29N5O6S. The summed E-state index contributed by atoms with van der Waals surface area (Å²) in [6.07, 6.45) is 0.117. The van der Waals surface area contributed by atoms with Gasteiger partial charge in [-0.05, 0) is 42.0 Å². The van der Waals surface area contributed by atoms with E-state index in [1.54, 1.807) is 67.7 Å². The quantitative estimate of drug-likeness (QED) is 0.312. The average Bonchev–Trinajstić information content (AvgIpc) is 2.88. The van der Waals surface area contributed by atoms with Gasteiger partial charge in [-0.25, -0.2) is 9.52 Å². The van der Waals surface area contributed by atoms with E-state index in [1.807, 2.05) is 10.8 Å². The number of nitrogens with zero attached hydrogens (tertiary/aromatic N) is 1. The first kappa shape index (κ1) is 28.0. The van der Waals surface area contributed by atoms with Crippen LogP contribution in [-0.4, -0.2) is 46.5 Å². The van der Waals surface area contributed by atoms with E-state index >= 15 is 0 Å². The molecular weight excluding hydrogens is 510 g/mol. The monoisotopic (exact) mass is 539 g/mol. The van der Waals surface area contributed by atoms with Crippen LogP contribution < -0.4 is 29.7 Å². The van der Waals surface area contributed by atoms with Crippen LogP contribution in [-0.2, 0) is 26.2 Å². The molecule has 0 aromatic heterocycles. The van der Waals surface area contributed by atoms with Crippen LogP contribution in [0.4, 0.5) is 21.9 Å². The Morgan fingerprint density at radius 1 is 0.895 bits per heavy atom. The summed E-state index contributed by atoms with van der Waals surface area (Å²) in [5.41, 5.74) is 1.59. The largest absolute Gasteiger partial charge is 0.497 e. The van der Waals surface area contributed by atoms with Crippen molar-refractivity contribution in [2.45, 2.75) is 19.4 Å². The number of rotatable bonds is 10. The Morgan fingerprint density at radius 3 is 2.11 bits per heavy atom. The summed E-state index contributed by atoms with van der Waals surface area (Å²) in [5.74, 6) is -0.244. The van der Waals surface area contributed by atoms with Gasteiger partial charge < -0.3 is 20.3 Å². The molecule has 0 fully saturated rings. The molecule has 12 heteroatoms. The predicted molar refractivity (Wildman–Crippen MR) is 145 cm³/mol. The van der Waals surface area contributed by atoms with Gasteiger partial charge in [0.25, 0.3) is 0 Å². The number of likely N-dealkylation sites (N-methyl/N-ethyl adjacent to an activating group) is 1. The number of carbonyl (C=O) groups is 3. The van der Waals surface area contributed by atoms with Crippen LogP contribution in [0, 0.1) is 0 Å². The molecule has 0 bridgehead atoms. The van der Waals surface area contributed by atoms with Crippen LogP contribution in [0.3, 0.4) is 0 Å². The zero-order chi connectivity index (χ0) is 27.7. The van der Waals surface area contributed by atoms with Crippen molar-refractivity contribution in [1.82, 2.24) is 10.0 Å². The minimum Gasteiger partial charge on any atom is -0.497 e. The molecule has 0 saturated heterocycles. The van der Waals surface area contributed by atoms with Gasteiger partial charge in [0.2, 0.25) is 11.8 Å². The van der Waals surface area contributed by atoms with Gasteiger partial charge in [-0.15, -0.1) is 0 Å². The summed E-state index contributed by atoms with van der Waals surface area (Å²) in [6.45, 7) is 1.28. The predicted octanol–water partition coefficient (Wildman–Crippen LogP) is 2.88. The third-order valence-electron chi connectivity index (χ3n) is 5.39. The SMILES string of the molecule is COc1ccc(N(C)C(=O)[C@H](Cc2ccccc2)NC(=O)NS(=O)(=O)Nc2ccccc2NC(C)=O)cc1. The first-order valence-corrected chi connectivity index (χ1v) is 13.0. The van der Waals surface area contributed by atoms with Gasteiger partial charge in [0, 0.05) is 26.1 Å². The van der Waals surface area contributed by atoms with Gasteiger partial charge in [-0.3, -0.25) is 14.3 Å². The molecule has 0 aliphatic rings. The van der Waals surface area contributed by atoms with Crippen LogP contribution in [0.25, 0.3) is 0 Å². The summed E-state index contributed by atoms with van der Waals surface area (Å²) in [7, 11) is -1.33. The lowest BCUT2D eigenvalue weighted by molar-refractivity contribution is -0.120. The number of amides is 4. The summed E-state index contributed by atoms with van der Waals surface area (Å²) in [6, 6.07) is 19.7. The third-order valence-corrected chi connectivity index (χ3v) is 6.33. The minimum atomic E-state index is -4.42. The van der Waals surface area contributed by atoms with Gasteiger partial charge in [-0.1, -0.05) is 42.5 Å². The summed E-state index contributed by atoms with van der Waals surface area (Å²) in [5, 5.41) is 4.98. The lowest BCUT2D eigenvalue weighted by Crippen LogP contribution is -2.53. The molecule has 0 unspecified atom stereocenters. The number of urea groups is 1. The molecule has 11 nitrogen and oxygen atoms in total. The molecule has 4 amide bonds. The molecule has 0 aliphatic carbocycles. The van der Waals surface area contributed by atoms with Gasteiger partial charge >= 0.3 is 16.2 Å². The lowest BCUT2D eigenvalue weighted by atomic mass is 10.0. The lowest BCUT2D eigenvalue weighted by Gasteiger charge is -2.25. The molecule has 0 aliphatic heterocycles. The van der Waals surface area contributed by atoms with Crippen LogP contribution in [0.2, 0.25) is 0 Å². The molecule has 4 N–H and O–H groups in total. The van der Waals surface area contributed by atoms with Crippen molar-refractivity contribution in [2.24, 2.45) is 0 Å². The number of methoxy groups -OCH3 is 1. The topological polar surface area (TPSA) is 146 Å². The van der Waals surface area contributed by atoms with Gasteiger partial charge in [-0.2, -0.15) is 8.42 Å². The molecule has 0 saturated carbocycles. The summed E-state index contributed by atoms with van der Waals surface area (Å²) < 4.78 is 34.6. The highest BCUT2D eigenvalue weighted by atomic mass is 32.2. The zero-order valence-corrected chi connectivity index (χ0v) is 21.9. The smallest absolute Gasteiger partial charge is 0.330 e. The normalized spacial score (nSPS) is 11.6. The highest BCUT2D eigenvalue weighted by Gasteiger charge is 2.27. The van der Waals surface area contributed by atoms with Crippen molar-refractivity contribution in [1.29, 1.82) is 0 Å². The second-order valence-electron chi connectivity index (χ2n) is 8.25. The first-order chi connectivity index (χ1) is 18.1. The Bertz CT molecular complexity index is 1380. The molecule has 38 heavy (non-hydrogen) atoms. The maximum absolute atomic E-state index is 13.4. The Balaban J connectivity index is 1.76. The number of hydrogen-bond acceptors (Lipinski definition) is 6. The first-order valence-electron chi connectivity index (χ1n) is 11.5. The van der Waals surface area contributed by atoms with Crippen LogP contribution >= 0.6 is 0 Å². The highest BCUT2D eigenvalue weighted by molar-refractivity contribution is 7.91. The van der Waals surface area contributed by atoms with E-state index in [0.29, 0.717) is 11.4 Å². The van der Waals surface area contributed by atoms with Crippen LogP contribution in [0.5, 0.6) is 5.75 Å². The number of carbonyl (C=O) groups excluding carboxylic acids is 3. The van der Waals surface area contributed by atoms with E-state index < -0.39 is 34.1 Å². The maximum Gasteiger partial charge on any atom is 0.330 e.